The van der Waals surface area contributed by atoms with Gasteiger partial charge in [0.15, 0.2) is 0 Å². The van der Waals surface area contributed by atoms with Crippen LogP contribution in [0.15, 0.2) is 11.6 Å². The second kappa shape index (κ2) is 4.16. The SMILES string of the molecule is COC(=O)C1CC=C(C(C)(C)C)CC1. The second-order valence-electron chi connectivity index (χ2n) is 4.97. The van der Waals surface area contributed by atoms with Crippen LogP contribution in [0.2, 0.25) is 0 Å². The Morgan fingerprint density at radius 2 is 2.14 bits per heavy atom. The van der Waals surface area contributed by atoms with Gasteiger partial charge in [-0.05, 0) is 24.7 Å². The minimum Gasteiger partial charge on any atom is -0.469 e. The first kappa shape index (κ1) is 11.3. The van der Waals surface area contributed by atoms with E-state index >= 15 is 0 Å². The van der Waals surface area contributed by atoms with Crippen molar-refractivity contribution in [1.82, 2.24) is 0 Å². The summed E-state index contributed by atoms with van der Waals surface area (Å²) >= 11 is 0. The molecule has 1 aliphatic carbocycles. The first-order valence-corrected chi connectivity index (χ1v) is 5.22. The third-order valence-electron chi connectivity index (χ3n) is 2.91. The van der Waals surface area contributed by atoms with Crippen molar-refractivity contribution >= 4 is 5.97 Å². The third-order valence-corrected chi connectivity index (χ3v) is 2.91. The zero-order valence-corrected chi connectivity index (χ0v) is 9.59. The summed E-state index contributed by atoms with van der Waals surface area (Å²) in [6.07, 6.45) is 5.03. The highest BCUT2D eigenvalue weighted by Gasteiger charge is 2.26. The summed E-state index contributed by atoms with van der Waals surface area (Å²) in [5.41, 5.74) is 1.72. The number of esters is 1. The van der Waals surface area contributed by atoms with Gasteiger partial charge in [0.25, 0.3) is 0 Å². The summed E-state index contributed by atoms with van der Waals surface area (Å²) in [4.78, 5) is 11.3. The topological polar surface area (TPSA) is 26.3 Å². The van der Waals surface area contributed by atoms with Gasteiger partial charge in [-0.25, -0.2) is 0 Å². The van der Waals surface area contributed by atoms with Crippen molar-refractivity contribution in [3.63, 3.8) is 0 Å². The lowest BCUT2D eigenvalue weighted by Crippen LogP contribution is -2.21. The minimum absolute atomic E-state index is 0.0609. The lowest BCUT2D eigenvalue weighted by molar-refractivity contribution is -0.145. The number of allylic oxidation sites excluding steroid dienone is 2. The molecule has 1 atom stereocenters. The van der Waals surface area contributed by atoms with Crippen molar-refractivity contribution in [1.29, 1.82) is 0 Å². The molecule has 0 N–H and O–H groups in total. The Balaban J connectivity index is 2.60. The first-order chi connectivity index (χ1) is 6.45. The Hall–Kier alpha value is -0.790. The fraction of sp³-hybridized carbons (Fsp3) is 0.750. The predicted octanol–water partition coefficient (Wildman–Crippen LogP) is 2.93. The van der Waals surface area contributed by atoms with Crippen LogP contribution >= 0.6 is 0 Å². The van der Waals surface area contributed by atoms with Gasteiger partial charge in [0, 0.05) is 0 Å². The zero-order chi connectivity index (χ0) is 10.8. The Morgan fingerprint density at radius 3 is 2.50 bits per heavy atom. The van der Waals surface area contributed by atoms with Crippen molar-refractivity contribution in [2.24, 2.45) is 11.3 Å². The molecule has 2 heteroatoms. The van der Waals surface area contributed by atoms with Crippen LogP contribution in [0.3, 0.4) is 0 Å². The quantitative estimate of drug-likeness (QED) is 0.476. The maximum atomic E-state index is 11.3. The third kappa shape index (κ3) is 2.60. The highest BCUT2D eigenvalue weighted by molar-refractivity contribution is 5.72. The average Bonchev–Trinajstić information content (AvgIpc) is 2.15. The summed E-state index contributed by atoms with van der Waals surface area (Å²) in [5, 5.41) is 0. The van der Waals surface area contributed by atoms with Gasteiger partial charge in [-0.1, -0.05) is 32.4 Å². The Kier molecular flexibility index (Phi) is 3.35. The van der Waals surface area contributed by atoms with Gasteiger partial charge in [-0.3, -0.25) is 4.79 Å². The zero-order valence-electron chi connectivity index (χ0n) is 9.59. The van der Waals surface area contributed by atoms with E-state index in [9.17, 15) is 4.79 Å². The molecule has 0 spiro atoms. The number of carbonyl (C=O) groups excluding carboxylic acids is 1. The average molecular weight is 196 g/mol. The molecule has 1 rings (SSSR count). The number of carbonyl (C=O) groups is 1. The van der Waals surface area contributed by atoms with Crippen LogP contribution in [-0.4, -0.2) is 13.1 Å². The monoisotopic (exact) mass is 196 g/mol. The maximum absolute atomic E-state index is 11.3. The smallest absolute Gasteiger partial charge is 0.308 e. The van der Waals surface area contributed by atoms with Crippen molar-refractivity contribution < 1.29 is 9.53 Å². The van der Waals surface area contributed by atoms with Gasteiger partial charge < -0.3 is 4.74 Å². The van der Waals surface area contributed by atoms with Crippen LogP contribution in [0, 0.1) is 11.3 Å². The number of rotatable bonds is 1. The molecule has 0 heterocycles. The van der Waals surface area contributed by atoms with Gasteiger partial charge in [-0.2, -0.15) is 0 Å². The van der Waals surface area contributed by atoms with E-state index in [0.717, 1.165) is 19.3 Å². The summed E-state index contributed by atoms with van der Waals surface area (Å²) in [6, 6.07) is 0. The van der Waals surface area contributed by atoms with Gasteiger partial charge >= 0.3 is 5.97 Å². The Morgan fingerprint density at radius 1 is 1.50 bits per heavy atom. The van der Waals surface area contributed by atoms with E-state index in [1.165, 1.54) is 12.7 Å². The van der Waals surface area contributed by atoms with Gasteiger partial charge in [0.2, 0.25) is 0 Å². The van der Waals surface area contributed by atoms with Crippen molar-refractivity contribution in [2.75, 3.05) is 7.11 Å². The lowest BCUT2D eigenvalue weighted by Gasteiger charge is -2.28. The van der Waals surface area contributed by atoms with E-state index in [4.69, 9.17) is 4.74 Å². The Labute approximate surface area is 86.3 Å². The van der Waals surface area contributed by atoms with Crippen molar-refractivity contribution in [2.45, 2.75) is 40.0 Å². The van der Waals surface area contributed by atoms with E-state index < -0.39 is 0 Å². The first-order valence-electron chi connectivity index (χ1n) is 5.22. The summed E-state index contributed by atoms with van der Waals surface area (Å²) in [5.74, 6) is 0.0281. The molecule has 0 amide bonds. The van der Waals surface area contributed by atoms with Gasteiger partial charge in [0.05, 0.1) is 13.0 Å². The number of ether oxygens (including phenoxy) is 1. The molecule has 0 aromatic carbocycles. The fourth-order valence-corrected chi connectivity index (χ4v) is 1.90. The Bertz CT molecular complexity index is 246. The molecule has 0 aromatic rings. The van der Waals surface area contributed by atoms with E-state index in [0.29, 0.717) is 0 Å². The minimum atomic E-state index is -0.0609. The standard InChI is InChI=1S/C12H20O2/c1-12(2,3)10-7-5-9(6-8-10)11(13)14-4/h7,9H,5-6,8H2,1-4H3. The lowest BCUT2D eigenvalue weighted by atomic mass is 9.77. The van der Waals surface area contributed by atoms with Crippen LogP contribution in [0.25, 0.3) is 0 Å². The van der Waals surface area contributed by atoms with Gasteiger partial charge in [-0.15, -0.1) is 0 Å². The molecule has 0 saturated heterocycles. The predicted molar refractivity (Wildman–Crippen MR) is 56.9 cm³/mol. The van der Waals surface area contributed by atoms with E-state index in [2.05, 4.69) is 26.8 Å². The number of hydrogen-bond acceptors (Lipinski definition) is 2. The van der Waals surface area contributed by atoms with E-state index in [-0.39, 0.29) is 17.3 Å². The number of methoxy groups -OCH3 is 1. The summed E-state index contributed by atoms with van der Waals surface area (Å²) in [7, 11) is 1.46. The largest absolute Gasteiger partial charge is 0.469 e. The molecule has 1 aliphatic rings. The normalized spacial score (nSPS) is 22.9. The van der Waals surface area contributed by atoms with Crippen molar-refractivity contribution in [3.05, 3.63) is 11.6 Å². The maximum Gasteiger partial charge on any atom is 0.308 e. The number of hydrogen-bond donors (Lipinski definition) is 0. The molecule has 2 nitrogen and oxygen atoms in total. The molecule has 0 aliphatic heterocycles. The second-order valence-corrected chi connectivity index (χ2v) is 4.97. The summed E-state index contributed by atoms with van der Waals surface area (Å²) < 4.78 is 4.74. The molecule has 1 unspecified atom stereocenters. The highest BCUT2D eigenvalue weighted by Crippen LogP contribution is 2.35. The fourth-order valence-electron chi connectivity index (χ4n) is 1.90. The highest BCUT2D eigenvalue weighted by atomic mass is 16.5. The van der Waals surface area contributed by atoms with E-state index in [1.807, 2.05) is 0 Å². The molecule has 80 valence electrons. The molecule has 0 bridgehead atoms. The van der Waals surface area contributed by atoms with Crippen LogP contribution < -0.4 is 0 Å². The molecule has 0 radical (unpaired) electrons. The molecule has 14 heavy (non-hydrogen) atoms. The summed E-state index contributed by atoms with van der Waals surface area (Å²) in [6.45, 7) is 6.66. The molecule has 0 saturated carbocycles. The molecule has 0 fully saturated rings. The molecular weight excluding hydrogens is 176 g/mol. The van der Waals surface area contributed by atoms with Crippen LogP contribution in [0.4, 0.5) is 0 Å². The van der Waals surface area contributed by atoms with Crippen molar-refractivity contribution in [3.8, 4) is 0 Å². The van der Waals surface area contributed by atoms with Crippen LogP contribution in [-0.2, 0) is 9.53 Å². The molecule has 0 aromatic heterocycles. The van der Waals surface area contributed by atoms with E-state index in [1.54, 1.807) is 0 Å². The molecular formula is C12H20O2. The van der Waals surface area contributed by atoms with Gasteiger partial charge in [0.1, 0.15) is 0 Å². The van der Waals surface area contributed by atoms with Crippen LogP contribution in [0.5, 0.6) is 0 Å². The van der Waals surface area contributed by atoms with Crippen LogP contribution in [0.1, 0.15) is 40.0 Å².